The van der Waals surface area contributed by atoms with Gasteiger partial charge in [0, 0.05) is 6.07 Å². The summed E-state index contributed by atoms with van der Waals surface area (Å²) in [5, 5.41) is 0. The highest BCUT2D eigenvalue weighted by atomic mass is 79.9. The monoisotopic (exact) mass is 260 g/mol. The van der Waals surface area contributed by atoms with Crippen LogP contribution in [-0.2, 0) is 4.79 Å². The van der Waals surface area contributed by atoms with Crippen molar-refractivity contribution in [2.45, 2.75) is 19.4 Å². The summed E-state index contributed by atoms with van der Waals surface area (Å²) in [4.78, 5) is 10.6. The van der Waals surface area contributed by atoms with Crippen molar-refractivity contribution >= 4 is 22.2 Å². The van der Waals surface area contributed by atoms with Gasteiger partial charge in [-0.05, 0) is 41.9 Å². The van der Waals surface area contributed by atoms with Crippen LogP contribution in [0.3, 0.4) is 0 Å². The van der Waals surface area contributed by atoms with Gasteiger partial charge >= 0.3 is 0 Å². The lowest BCUT2D eigenvalue weighted by Gasteiger charge is -2.19. The van der Waals surface area contributed by atoms with Crippen LogP contribution in [0.2, 0.25) is 0 Å². The summed E-state index contributed by atoms with van der Waals surface area (Å²) in [6, 6.07) is 4.36. The van der Waals surface area contributed by atoms with E-state index in [1.165, 1.54) is 12.1 Å². The molecule has 4 heteroatoms. The maximum atomic E-state index is 13.0. The molecule has 0 saturated carbocycles. The van der Waals surface area contributed by atoms with E-state index in [1.54, 1.807) is 19.9 Å². The quantitative estimate of drug-likeness (QED) is 0.782. The molecule has 0 fully saturated rings. The fourth-order valence-corrected chi connectivity index (χ4v) is 1.11. The largest absolute Gasteiger partial charge is 0.480 e. The molecule has 0 aromatic heterocycles. The smallest absolute Gasteiger partial charge is 0.162 e. The maximum absolute atomic E-state index is 13.0. The van der Waals surface area contributed by atoms with Crippen LogP contribution in [0, 0.1) is 5.82 Å². The Morgan fingerprint density at radius 2 is 2.14 bits per heavy atom. The molecule has 0 saturated heterocycles. The van der Waals surface area contributed by atoms with E-state index in [4.69, 9.17) is 4.74 Å². The minimum Gasteiger partial charge on any atom is -0.480 e. The second kappa shape index (κ2) is 4.09. The molecule has 0 heterocycles. The Bertz CT molecular complexity index is 350. The number of benzene rings is 1. The van der Waals surface area contributed by atoms with Gasteiger partial charge in [0.2, 0.25) is 0 Å². The number of ether oxygens (including phenoxy) is 1. The third-order valence-electron chi connectivity index (χ3n) is 1.56. The second-order valence-electron chi connectivity index (χ2n) is 3.40. The van der Waals surface area contributed by atoms with Crippen molar-refractivity contribution in [2.24, 2.45) is 0 Å². The van der Waals surface area contributed by atoms with E-state index in [9.17, 15) is 9.18 Å². The molecule has 1 aromatic rings. The molecule has 76 valence electrons. The van der Waals surface area contributed by atoms with Gasteiger partial charge in [0.15, 0.2) is 11.9 Å². The number of rotatable bonds is 3. The number of halogens is 2. The first-order chi connectivity index (χ1) is 6.44. The van der Waals surface area contributed by atoms with E-state index >= 15 is 0 Å². The second-order valence-corrected chi connectivity index (χ2v) is 4.25. The van der Waals surface area contributed by atoms with Gasteiger partial charge in [0.25, 0.3) is 0 Å². The zero-order valence-electron chi connectivity index (χ0n) is 7.88. The van der Waals surface area contributed by atoms with E-state index in [1.807, 2.05) is 0 Å². The lowest BCUT2D eigenvalue weighted by atomic mass is 10.2. The minimum atomic E-state index is -0.930. The zero-order chi connectivity index (χ0) is 10.8. The van der Waals surface area contributed by atoms with Gasteiger partial charge in [-0.25, -0.2) is 4.39 Å². The molecular weight excluding hydrogens is 251 g/mol. The molecule has 1 rings (SSSR count). The summed E-state index contributed by atoms with van der Waals surface area (Å²) in [5.74, 6) is -0.0769. The van der Waals surface area contributed by atoms with E-state index in [-0.39, 0.29) is 0 Å². The number of hydrogen-bond donors (Lipinski definition) is 0. The van der Waals surface area contributed by atoms with Gasteiger partial charge in [-0.15, -0.1) is 0 Å². The minimum absolute atomic E-state index is 0.336. The lowest BCUT2D eigenvalue weighted by Crippen LogP contribution is -2.29. The van der Waals surface area contributed by atoms with Crippen molar-refractivity contribution < 1.29 is 13.9 Å². The Morgan fingerprint density at radius 1 is 1.50 bits per heavy atom. The SMILES string of the molecule is CC(C)(C=O)Oc1ccc(Br)c(F)c1. The molecule has 0 spiro atoms. The molecule has 0 bridgehead atoms. The molecule has 0 atom stereocenters. The van der Waals surface area contributed by atoms with Crippen LogP contribution >= 0.6 is 15.9 Å². The molecule has 0 aliphatic heterocycles. The fourth-order valence-electron chi connectivity index (χ4n) is 0.868. The van der Waals surface area contributed by atoms with Crippen LogP contribution in [0.5, 0.6) is 5.75 Å². The van der Waals surface area contributed by atoms with Crippen molar-refractivity contribution in [3.8, 4) is 5.75 Å². The fraction of sp³-hybridized carbons (Fsp3) is 0.300. The van der Waals surface area contributed by atoms with E-state index in [2.05, 4.69) is 15.9 Å². The number of carbonyl (C=O) groups excluding carboxylic acids is 1. The van der Waals surface area contributed by atoms with E-state index < -0.39 is 11.4 Å². The molecule has 0 amide bonds. The van der Waals surface area contributed by atoms with Crippen LogP contribution in [0.4, 0.5) is 4.39 Å². The Morgan fingerprint density at radius 3 is 2.64 bits per heavy atom. The van der Waals surface area contributed by atoms with Gasteiger partial charge in [0.1, 0.15) is 11.6 Å². The summed E-state index contributed by atoms with van der Waals surface area (Å²) in [7, 11) is 0. The standard InChI is InChI=1S/C10H10BrFO2/c1-10(2,6-13)14-7-3-4-8(11)9(12)5-7/h3-6H,1-2H3. The summed E-state index contributed by atoms with van der Waals surface area (Å²) >= 11 is 3.03. The van der Waals surface area contributed by atoms with Crippen molar-refractivity contribution in [1.29, 1.82) is 0 Å². The van der Waals surface area contributed by atoms with Gasteiger partial charge in [-0.1, -0.05) is 0 Å². The lowest BCUT2D eigenvalue weighted by molar-refractivity contribution is -0.119. The maximum Gasteiger partial charge on any atom is 0.162 e. The first-order valence-electron chi connectivity index (χ1n) is 4.05. The molecule has 2 nitrogen and oxygen atoms in total. The third-order valence-corrected chi connectivity index (χ3v) is 2.20. The van der Waals surface area contributed by atoms with Crippen LogP contribution in [0.15, 0.2) is 22.7 Å². The highest BCUT2D eigenvalue weighted by Crippen LogP contribution is 2.23. The first kappa shape index (κ1) is 11.2. The highest BCUT2D eigenvalue weighted by Gasteiger charge is 2.18. The summed E-state index contributed by atoms with van der Waals surface area (Å²) in [6.07, 6.45) is 0.674. The number of hydrogen-bond acceptors (Lipinski definition) is 2. The zero-order valence-corrected chi connectivity index (χ0v) is 9.47. The Balaban J connectivity index is 2.88. The van der Waals surface area contributed by atoms with Crippen LogP contribution in [0.25, 0.3) is 0 Å². The number of aldehydes is 1. The molecule has 0 aliphatic rings. The van der Waals surface area contributed by atoms with Gasteiger partial charge in [-0.3, -0.25) is 4.79 Å². The molecule has 14 heavy (non-hydrogen) atoms. The van der Waals surface area contributed by atoms with Crippen molar-refractivity contribution in [1.82, 2.24) is 0 Å². The van der Waals surface area contributed by atoms with Gasteiger partial charge in [-0.2, -0.15) is 0 Å². The molecule has 0 aliphatic carbocycles. The van der Waals surface area contributed by atoms with Crippen molar-refractivity contribution in [3.63, 3.8) is 0 Å². The van der Waals surface area contributed by atoms with E-state index in [0.717, 1.165) is 0 Å². The molecule has 1 aromatic carbocycles. The average Bonchev–Trinajstić information content (AvgIpc) is 2.11. The van der Waals surface area contributed by atoms with Crippen LogP contribution in [-0.4, -0.2) is 11.9 Å². The summed E-state index contributed by atoms with van der Waals surface area (Å²) < 4.78 is 18.7. The van der Waals surface area contributed by atoms with Gasteiger partial charge in [0.05, 0.1) is 4.47 Å². The van der Waals surface area contributed by atoms with Crippen LogP contribution in [0.1, 0.15) is 13.8 Å². The predicted octanol–water partition coefficient (Wildman–Crippen LogP) is 2.94. The molecule has 0 unspecified atom stereocenters. The molecule has 0 radical (unpaired) electrons. The normalized spacial score (nSPS) is 11.1. The third kappa shape index (κ3) is 2.80. The highest BCUT2D eigenvalue weighted by molar-refractivity contribution is 9.10. The number of carbonyl (C=O) groups is 1. The topological polar surface area (TPSA) is 26.3 Å². The van der Waals surface area contributed by atoms with Crippen molar-refractivity contribution in [2.75, 3.05) is 0 Å². The summed E-state index contributed by atoms with van der Waals surface area (Å²) in [5.41, 5.74) is -0.930. The first-order valence-corrected chi connectivity index (χ1v) is 4.84. The predicted molar refractivity (Wildman–Crippen MR) is 54.9 cm³/mol. The molecule has 0 N–H and O–H groups in total. The summed E-state index contributed by atoms with van der Waals surface area (Å²) in [6.45, 7) is 3.22. The van der Waals surface area contributed by atoms with Crippen molar-refractivity contribution in [3.05, 3.63) is 28.5 Å². The average molecular weight is 261 g/mol. The van der Waals surface area contributed by atoms with E-state index in [0.29, 0.717) is 16.5 Å². The Labute approximate surface area is 90.2 Å². The molecular formula is C10H10BrFO2. The Hall–Kier alpha value is -0.900. The van der Waals surface area contributed by atoms with Gasteiger partial charge < -0.3 is 4.74 Å². The van der Waals surface area contributed by atoms with Crippen LogP contribution < -0.4 is 4.74 Å². The Kier molecular flexibility index (Phi) is 3.26.